The molecule has 1 aromatic carbocycles. The molecule has 2 fully saturated rings. The monoisotopic (exact) mass is 368 g/mol. The quantitative estimate of drug-likeness (QED) is 0.514. The number of nitrogens with one attached hydrogen (secondary N) is 4. The van der Waals surface area contributed by atoms with Crippen molar-refractivity contribution in [3.05, 3.63) is 23.8 Å². The largest absolute Gasteiger partial charge is 0.496 e. The maximum atomic E-state index is 12.6. The Morgan fingerprint density at radius 3 is 2.64 bits per heavy atom. The smallest absolute Gasteiger partial charge is 0.322 e. The van der Waals surface area contributed by atoms with Crippen LogP contribution in [0.3, 0.4) is 0 Å². The second-order valence-electron chi connectivity index (χ2n) is 6.21. The van der Waals surface area contributed by atoms with E-state index in [9.17, 15) is 18.0 Å². The minimum atomic E-state index is -3.77. The highest BCUT2D eigenvalue weighted by molar-refractivity contribution is 7.89. The van der Waals surface area contributed by atoms with Crippen LogP contribution in [-0.4, -0.2) is 46.6 Å². The van der Waals surface area contributed by atoms with Crippen LogP contribution >= 0.6 is 0 Å². The summed E-state index contributed by atoms with van der Waals surface area (Å²) < 4.78 is 33.2. The number of carbonyl (C=O) groups is 2. The van der Waals surface area contributed by atoms with Crippen LogP contribution in [0.4, 0.5) is 4.79 Å². The minimum Gasteiger partial charge on any atom is -0.496 e. The molecule has 2 saturated heterocycles. The van der Waals surface area contributed by atoms with Gasteiger partial charge in [0, 0.05) is 18.2 Å². The van der Waals surface area contributed by atoms with Crippen molar-refractivity contribution in [2.24, 2.45) is 0 Å². The molecular formula is C15H20N4O5S. The van der Waals surface area contributed by atoms with Crippen molar-refractivity contribution in [1.29, 1.82) is 0 Å². The number of urea groups is 1. The number of sulfonamides is 1. The lowest BCUT2D eigenvalue weighted by Crippen LogP contribution is -2.41. The highest BCUT2D eigenvalue weighted by atomic mass is 32.2. The Labute approximate surface area is 145 Å². The van der Waals surface area contributed by atoms with E-state index < -0.39 is 27.5 Å². The van der Waals surface area contributed by atoms with Crippen LogP contribution < -0.4 is 25.4 Å². The van der Waals surface area contributed by atoms with Crippen molar-refractivity contribution in [3.8, 4) is 5.75 Å². The fourth-order valence-electron chi connectivity index (χ4n) is 3.02. The predicted molar refractivity (Wildman–Crippen MR) is 88.6 cm³/mol. The third-order valence-corrected chi connectivity index (χ3v) is 5.96. The number of benzene rings is 1. The third-order valence-electron chi connectivity index (χ3n) is 4.45. The molecule has 2 unspecified atom stereocenters. The molecule has 4 N–H and O–H groups in total. The van der Waals surface area contributed by atoms with Crippen LogP contribution in [0.5, 0.6) is 5.75 Å². The normalized spacial score (nSPS) is 26.4. The lowest BCUT2D eigenvalue weighted by molar-refractivity contribution is -0.123. The number of imide groups is 1. The van der Waals surface area contributed by atoms with Crippen LogP contribution in [0.2, 0.25) is 0 Å². The molecule has 3 amide bonds. The van der Waals surface area contributed by atoms with Crippen molar-refractivity contribution in [3.63, 3.8) is 0 Å². The van der Waals surface area contributed by atoms with Crippen LogP contribution in [0.15, 0.2) is 23.1 Å². The van der Waals surface area contributed by atoms with Gasteiger partial charge >= 0.3 is 6.03 Å². The number of hydrogen-bond acceptors (Lipinski definition) is 6. The van der Waals surface area contributed by atoms with E-state index in [4.69, 9.17) is 4.74 Å². The molecule has 9 nitrogen and oxygen atoms in total. The molecule has 0 saturated carbocycles. The molecular weight excluding hydrogens is 348 g/mol. The summed E-state index contributed by atoms with van der Waals surface area (Å²) in [4.78, 5) is 23.7. The average molecular weight is 368 g/mol. The van der Waals surface area contributed by atoms with Gasteiger partial charge in [0.2, 0.25) is 10.0 Å². The Hall–Kier alpha value is -2.17. The average Bonchev–Trinajstić information content (AvgIpc) is 3.14. The molecule has 0 aliphatic carbocycles. The molecule has 3 rings (SSSR count). The summed E-state index contributed by atoms with van der Waals surface area (Å²) in [5.41, 5.74) is -1.14. The first-order valence-corrected chi connectivity index (χ1v) is 9.30. The second-order valence-corrected chi connectivity index (χ2v) is 7.92. The topological polar surface area (TPSA) is 126 Å². The summed E-state index contributed by atoms with van der Waals surface area (Å²) in [6.45, 7) is 2.82. The van der Waals surface area contributed by atoms with Crippen molar-refractivity contribution in [2.75, 3.05) is 20.2 Å². The number of amides is 3. The van der Waals surface area contributed by atoms with Gasteiger partial charge in [-0.3, -0.25) is 10.1 Å². The number of rotatable bonds is 5. The summed E-state index contributed by atoms with van der Waals surface area (Å²) in [7, 11) is -2.36. The Balaban J connectivity index is 2.00. The zero-order valence-electron chi connectivity index (χ0n) is 13.9. The SMILES string of the molecule is COc1ccc(S(=O)(=O)NC2CCNC2)cc1C1(C)NC(=O)NC1=O. The van der Waals surface area contributed by atoms with E-state index in [-0.39, 0.29) is 16.5 Å². The molecule has 0 aromatic heterocycles. The van der Waals surface area contributed by atoms with Gasteiger partial charge in [0.15, 0.2) is 0 Å². The molecule has 0 bridgehead atoms. The molecule has 2 aliphatic rings. The van der Waals surface area contributed by atoms with E-state index in [2.05, 4.69) is 20.7 Å². The lowest BCUT2D eigenvalue weighted by atomic mass is 9.91. The first kappa shape index (κ1) is 17.6. The van der Waals surface area contributed by atoms with Gasteiger partial charge in [-0.1, -0.05) is 0 Å². The van der Waals surface area contributed by atoms with Crippen LogP contribution in [0.25, 0.3) is 0 Å². The van der Waals surface area contributed by atoms with Crippen LogP contribution in [0.1, 0.15) is 18.9 Å². The fourth-order valence-corrected chi connectivity index (χ4v) is 4.32. The van der Waals surface area contributed by atoms with Crippen molar-refractivity contribution < 1.29 is 22.7 Å². The summed E-state index contributed by atoms with van der Waals surface area (Å²) in [6, 6.07) is 3.41. The summed E-state index contributed by atoms with van der Waals surface area (Å²) >= 11 is 0. The van der Waals surface area contributed by atoms with Gasteiger partial charge in [-0.2, -0.15) is 0 Å². The standard InChI is InChI=1S/C15H20N4O5S/c1-15(13(20)17-14(21)18-15)11-7-10(3-4-12(11)24-2)25(22,23)19-9-5-6-16-8-9/h3-4,7,9,16,19H,5-6,8H2,1-2H3,(H2,17,18,20,21). The Kier molecular flexibility index (Phi) is 4.43. The van der Waals surface area contributed by atoms with E-state index >= 15 is 0 Å². The minimum absolute atomic E-state index is 0.00498. The van der Waals surface area contributed by atoms with Crippen LogP contribution in [-0.2, 0) is 20.4 Å². The molecule has 0 radical (unpaired) electrons. The van der Waals surface area contributed by atoms with E-state index in [1.54, 1.807) is 0 Å². The van der Waals surface area contributed by atoms with Crippen molar-refractivity contribution in [1.82, 2.24) is 20.7 Å². The fraction of sp³-hybridized carbons (Fsp3) is 0.467. The van der Waals surface area contributed by atoms with E-state index in [1.807, 2.05) is 0 Å². The molecule has 2 aliphatic heterocycles. The summed E-state index contributed by atoms with van der Waals surface area (Å²) in [6.07, 6.45) is 0.707. The maximum absolute atomic E-state index is 12.6. The molecule has 1 aromatic rings. The lowest BCUT2D eigenvalue weighted by Gasteiger charge is -2.24. The van der Waals surface area contributed by atoms with Gasteiger partial charge in [0.25, 0.3) is 5.91 Å². The Bertz CT molecular complexity index is 819. The van der Waals surface area contributed by atoms with E-state index in [1.165, 1.54) is 32.2 Å². The Morgan fingerprint density at radius 1 is 1.32 bits per heavy atom. The zero-order chi connectivity index (χ0) is 18.2. The number of methoxy groups -OCH3 is 1. The molecule has 2 atom stereocenters. The third kappa shape index (κ3) is 3.20. The van der Waals surface area contributed by atoms with Gasteiger partial charge < -0.3 is 15.4 Å². The molecule has 0 spiro atoms. The second kappa shape index (κ2) is 6.28. The molecule has 10 heteroatoms. The van der Waals surface area contributed by atoms with Gasteiger partial charge in [-0.05, 0) is 38.1 Å². The first-order chi connectivity index (χ1) is 11.8. The summed E-state index contributed by atoms with van der Waals surface area (Å²) in [5.74, 6) is -0.264. The van der Waals surface area contributed by atoms with Gasteiger partial charge in [-0.25, -0.2) is 17.9 Å². The van der Waals surface area contributed by atoms with E-state index in [0.29, 0.717) is 18.7 Å². The van der Waals surface area contributed by atoms with Crippen molar-refractivity contribution in [2.45, 2.75) is 29.8 Å². The number of hydrogen-bond donors (Lipinski definition) is 4. The Morgan fingerprint density at radius 2 is 2.08 bits per heavy atom. The van der Waals surface area contributed by atoms with Crippen molar-refractivity contribution >= 4 is 22.0 Å². The molecule has 2 heterocycles. The molecule has 136 valence electrons. The first-order valence-electron chi connectivity index (χ1n) is 7.81. The number of carbonyl (C=O) groups excluding carboxylic acids is 2. The van der Waals surface area contributed by atoms with Gasteiger partial charge in [-0.15, -0.1) is 0 Å². The molecule has 25 heavy (non-hydrogen) atoms. The number of ether oxygens (including phenoxy) is 1. The highest BCUT2D eigenvalue weighted by Crippen LogP contribution is 2.34. The highest BCUT2D eigenvalue weighted by Gasteiger charge is 2.45. The predicted octanol–water partition coefficient (Wildman–Crippen LogP) is -0.610. The van der Waals surface area contributed by atoms with Gasteiger partial charge in [0.1, 0.15) is 11.3 Å². The van der Waals surface area contributed by atoms with E-state index in [0.717, 1.165) is 6.54 Å². The summed E-state index contributed by atoms with van der Waals surface area (Å²) in [5, 5.41) is 7.76. The zero-order valence-corrected chi connectivity index (χ0v) is 14.7. The van der Waals surface area contributed by atoms with Crippen LogP contribution in [0, 0.1) is 0 Å². The maximum Gasteiger partial charge on any atom is 0.322 e. The van der Waals surface area contributed by atoms with Gasteiger partial charge in [0.05, 0.1) is 12.0 Å².